The molecule has 0 saturated carbocycles. The molecule has 1 amide bonds. The molecule has 0 aliphatic heterocycles. The molecule has 136 valence electrons. The number of nitro benzene ring substituents is 1. The largest absolute Gasteiger partial charge is 0.477 e. The topological polar surface area (TPSA) is 119 Å². The van der Waals surface area contributed by atoms with E-state index in [-0.39, 0.29) is 5.56 Å². The fourth-order valence-corrected chi connectivity index (χ4v) is 2.21. The van der Waals surface area contributed by atoms with Crippen LogP contribution in [0.2, 0.25) is 0 Å². The molecule has 8 heteroatoms. The zero-order valence-electron chi connectivity index (χ0n) is 14.5. The van der Waals surface area contributed by atoms with Gasteiger partial charge >= 0.3 is 12.1 Å². The predicted octanol–water partition coefficient (Wildman–Crippen LogP) is 4.31. The summed E-state index contributed by atoms with van der Waals surface area (Å²) in [5.41, 5.74) is 0.160. The van der Waals surface area contributed by atoms with Crippen molar-refractivity contribution in [2.24, 2.45) is 0 Å². The molecule has 26 heavy (non-hydrogen) atoms. The third-order valence-electron chi connectivity index (χ3n) is 3.29. The molecule has 2 rings (SSSR count). The maximum Gasteiger partial charge on any atom is 0.412 e. The molecule has 0 bridgehead atoms. The first-order valence-corrected chi connectivity index (χ1v) is 7.69. The number of rotatable bonds is 4. The van der Waals surface area contributed by atoms with Crippen molar-refractivity contribution in [2.75, 3.05) is 5.32 Å². The van der Waals surface area contributed by atoms with E-state index in [0.29, 0.717) is 16.8 Å². The highest BCUT2D eigenvalue weighted by molar-refractivity contribution is 5.93. The first-order valence-electron chi connectivity index (χ1n) is 7.69. The Bertz CT molecular complexity index is 853. The minimum atomic E-state index is -1.36. The smallest absolute Gasteiger partial charge is 0.412 e. The van der Waals surface area contributed by atoms with Crippen molar-refractivity contribution in [1.82, 2.24) is 0 Å². The van der Waals surface area contributed by atoms with Gasteiger partial charge in [-0.1, -0.05) is 18.2 Å². The predicted molar refractivity (Wildman–Crippen MR) is 95.3 cm³/mol. The first-order chi connectivity index (χ1) is 12.1. The highest BCUT2D eigenvalue weighted by Gasteiger charge is 2.20. The van der Waals surface area contributed by atoms with Crippen LogP contribution < -0.4 is 5.32 Å². The summed E-state index contributed by atoms with van der Waals surface area (Å²) in [7, 11) is 0. The number of nitrogens with one attached hydrogen (secondary N) is 1. The number of carboxylic acids is 1. The van der Waals surface area contributed by atoms with Crippen LogP contribution in [0.5, 0.6) is 0 Å². The number of nitrogens with zero attached hydrogens (tertiary/aromatic N) is 1. The van der Waals surface area contributed by atoms with Crippen LogP contribution in [-0.4, -0.2) is 27.7 Å². The molecule has 2 aromatic rings. The summed E-state index contributed by atoms with van der Waals surface area (Å²) in [5.74, 6) is -1.36. The summed E-state index contributed by atoms with van der Waals surface area (Å²) in [6, 6.07) is 10.5. The number of aromatic carboxylic acids is 1. The minimum Gasteiger partial charge on any atom is -0.477 e. The summed E-state index contributed by atoms with van der Waals surface area (Å²) >= 11 is 0. The number of carbonyl (C=O) groups excluding carboxylic acids is 1. The van der Waals surface area contributed by atoms with Gasteiger partial charge in [-0.2, -0.15) is 0 Å². The lowest BCUT2D eigenvalue weighted by atomic mass is 10.0. The van der Waals surface area contributed by atoms with E-state index in [1.165, 1.54) is 18.2 Å². The second kappa shape index (κ2) is 7.22. The van der Waals surface area contributed by atoms with Crippen molar-refractivity contribution >= 4 is 23.4 Å². The highest BCUT2D eigenvalue weighted by Crippen LogP contribution is 2.28. The summed E-state index contributed by atoms with van der Waals surface area (Å²) < 4.78 is 5.15. The lowest BCUT2D eigenvalue weighted by molar-refractivity contribution is -0.385. The van der Waals surface area contributed by atoms with Crippen molar-refractivity contribution in [1.29, 1.82) is 0 Å². The number of benzene rings is 2. The van der Waals surface area contributed by atoms with Crippen LogP contribution in [0.15, 0.2) is 42.5 Å². The molecule has 0 aromatic heterocycles. The number of nitro groups is 1. The molecule has 0 aliphatic carbocycles. The van der Waals surface area contributed by atoms with Gasteiger partial charge in [-0.15, -0.1) is 0 Å². The molecule has 0 fully saturated rings. The Hall–Kier alpha value is -3.42. The van der Waals surface area contributed by atoms with Crippen LogP contribution in [0.4, 0.5) is 16.2 Å². The average molecular weight is 358 g/mol. The standard InChI is InChI=1S/C18H18N2O6/c1-18(2,3)26-17(23)19-13-7-4-11(5-8-13)12-6-9-14(16(21)22)15(10-12)20(24)25/h4-10H,1-3H3,(H,19,23)(H,21,22). The molecular weight excluding hydrogens is 340 g/mol. The molecule has 0 heterocycles. The molecule has 0 saturated heterocycles. The molecule has 8 nitrogen and oxygen atoms in total. The summed E-state index contributed by atoms with van der Waals surface area (Å²) in [5, 5.41) is 22.7. The Kier molecular flexibility index (Phi) is 5.25. The molecule has 0 radical (unpaired) electrons. The van der Waals surface area contributed by atoms with Gasteiger partial charge in [0.25, 0.3) is 5.69 Å². The summed E-state index contributed by atoms with van der Waals surface area (Å²) in [6.07, 6.45) is -0.591. The third-order valence-corrected chi connectivity index (χ3v) is 3.29. The molecule has 2 aromatic carbocycles. The number of hydrogen-bond donors (Lipinski definition) is 2. The molecule has 0 aliphatic rings. The number of hydrogen-bond acceptors (Lipinski definition) is 5. The fraction of sp³-hybridized carbons (Fsp3) is 0.222. The van der Waals surface area contributed by atoms with E-state index < -0.39 is 28.3 Å². The van der Waals surface area contributed by atoms with Crippen LogP contribution in [0.25, 0.3) is 11.1 Å². The van der Waals surface area contributed by atoms with Crippen LogP contribution in [-0.2, 0) is 4.74 Å². The van der Waals surface area contributed by atoms with Crippen molar-refractivity contribution in [3.05, 3.63) is 58.1 Å². The van der Waals surface area contributed by atoms with Gasteiger partial charge in [-0.05, 0) is 50.1 Å². The number of carbonyl (C=O) groups is 2. The van der Waals surface area contributed by atoms with Crippen LogP contribution in [0.1, 0.15) is 31.1 Å². The first kappa shape index (κ1) is 18.9. The third kappa shape index (κ3) is 4.79. The van der Waals surface area contributed by atoms with E-state index in [1.54, 1.807) is 45.0 Å². The lowest BCUT2D eigenvalue weighted by Crippen LogP contribution is -2.27. The van der Waals surface area contributed by atoms with Crippen molar-refractivity contribution in [3.63, 3.8) is 0 Å². The van der Waals surface area contributed by atoms with Gasteiger partial charge in [0.1, 0.15) is 11.2 Å². The summed E-state index contributed by atoms with van der Waals surface area (Å²) in [4.78, 5) is 33.2. The minimum absolute atomic E-state index is 0.373. The number of carboxylic acid groups (broad SMARTS) is 1. The number of anilines is 1. The normalized spacial score (nSPS) is 10.9. The van der Waals surface area contributed by atoms with E-state index in [1.807, 2.05) is 0 Å². The maximum atomic E-state index is 11.7. The van der Waals surface area contributed by atoms with Gasteiger partial charge < -0.3 is 9.84 Å². The Labute approximate surface area is 149 Å². The van der Waals surface area contributed by atoms with Crippen LogP contribution in [0.3, 0.4) is 0 Å². The van der Waals surface area contributed by atoms with Crippen LogP contribution in [0, 0.1) is 10.1 Å². The van der Waals surface area contributed by atoms with Gasteiger partial charge in [0.05, 0.1) is 4.92 Å². The summed E-state index contributed by atoms with van der Waals surface area (Å²) in [6.45, 7) is 5.26. The van der Waals surface area contributed by atoms with E-state index in [9.17, 15) is 19.7 Å². The van der Waals surface area contributed by atoms with Crippen molar-refractivity contribution < 1.29 is 24.4 Å². The van der Waals surface area contributed by atoms with Gasteiger partial charge in [-0.3, -0.25) is 15.4 Å². The fourth-order valence-electron chi connectivity index (χ4n) is 2.21. The molecule has 2 N–H and O–H groups in total. The Balaban J connectivity index is 2.23. The van der Waals surface area contributed by atoms with Gasteiger partial charge in [-0.25, -0.2) is 9.59 Å². The lowest BCUT2D eigenvalue weighted by Gasteiger charge is -2.19. The van der Waals surface area contributed by atoms with Gasteiger partial charge in [0.15, 0.2) is 0 Å². The second-order valence-electron chi connectivity index (χ2n) is 6.50. The average Bonchev–Trinajstić information content (AvgIpc) is 2.53. The Morgan fingerprint density at radius 1 is 1.08 bits per heavy atom. The van der Waals surface area contributed by atoms with Crippen LogP contribution >= 0.6 is 0 Å². The molecule has 0 spiro atoms. The van der Waals surface area contributed by atoms with Gasteiger partial charge in [0.2, 0.25) is 0 Å². The Morgan fingerprint density at radius 2 is 1.65 bits per heavy atom. The zero-order valence-corrected chi connectivity index (χ0v) is 14.5. The SMILES string of the molecule is CC(C)(C)OC(=O)Nc1ccc(-c2ccc(C(=O)O)c([N+](=O)[O-])c2)cc1. The van der Waals surface area contributed by atoms with E-state index in [0.717, 1.165) is 0 Å². The van der Waals surface area contributed by atoms with E-state index >= 15 is 0 Å². The number of amides is 1. The highest BCUT2D eigenvalue weighted by atomic mass is 16.6. The van der Waals surface area contributed by atoms with E-state index in [2.05, 4.69) is 5.32 Å². The molecular formula is C18H18N2O6. The molecule has 0 unspecified atom stereocenters. The van der Waals surface area contributed by atoms with E-state index in [4.69, 9.17) is 9.84 Å². The van der Waals surface area contributed by atoms with Crippen molar-refractivity contribution in [3.8, 4) is 11.1 Å². The number of ether oxygens (including phenoxy) is 1. The quantitative estimate of drug-likeness (QED) is 0.621. The Morgan fingerprint density at radius 3 is 2.15 bits per heavy atom. The maximum absolute atomic E-state index is 11.7. The van der Waals surface area contributed by atoms with Gasteiger partial charge in [0, 0.05) is 11.8 Å². The molecule has 0 atom stereocenters. The second-order valence-corrected chi connectivity index (χ2v) is 6.50. The monoisotopic (exact) mass is 358 g/mol. The van der Waals surface area contributed by atoms with Crippen molar-refractivity contribution in [2.45, 2.75) is 26.4 Å². The zero-order chi connectivity index (χ0) is 19.5.